The van der Waals surface area contributed by atoms with Gasteiger partial charge in [-0.3, -0.25) is 9.79 Å². The number of esters is 1. The second-order valence-corrected chi connectivity index (χ2v) is 5.26. The third-order valence-corrected chi connectivity index (χ3v) is 4.03. The predicted octanol–water partition coefficient (Wildman–Crippen LogP) is 1.72. The summed E-state index contributed by atoms with van der Waals surface area (Å²) < 4.78 is 5.16. The Kier molecular flexibility index (Phi) is 4.57. The average molecular weight is 278 g/mol. The van der Waals surface area contributed by atoms with Gasteiger partial charge < -0.3 is 9.64 Å². The Hall–Kier alpha value is -1.65. The van der Waals surface area contributed by atoms with Gasteiger partial charge in [-0.25, -0.2) is 4.79 Å². The number of hydrogen-bond donors (Lipinski definition) is 0. The van der Waals surface area contributed by atoms with Crippen LogP contribution in [0.3, 0.4) is 0 Å². The summed E-state index contributed by atoms with van der Waals surface area (Å²) in [6.45, 7) is 4.79. The molecular formula is C15H22N2O3. The lowest BCUT2D eigenvalue weighted by molar-refractivity contribution is -0.154. The maximum absolute atomic E-state index is 12.2. The molecule has 0 spiro atoms. The van der Waals surface area contributed by atoms with Crippen LogP contribution in [-0.4, -0.2) is 47.7 Å². The number of allylic oxidation sites excluding steroid dienone is 1. The van der Waals surface area contributed by atoms with E-state index in [2.05, 4.69) is 4.99 Å². The molecule has 0 bridgehead atoms. The Balaban J connectivity index is 2.18. The number of ether oxygens (including phenoxy) is 1. The van der Waals surface area contributed by atoms with Gasteiger partial charge in [0.1, 0.15) is 6.04 Å². The Bertz CT molecular complexity index is 430. The standard InChI is InChI=1S/C15H22N2O3/c1-3-15(8-6-9-16-15)11-12(14(19)20-4-2)17-10-5-7-13(17)18/h6,8-9,12H,3-5,7,10-11H2,1-2H3. The van der Waals surface area contributed by atoms with Gasteiger partial charge in [0, 0.05) is 25.6 Å². The van der Waals surface area contributed by atoms with E-state index in [4.69, 9.17) is 4.74 Å². The summed E-state index contributed by atoms with van der Waals surface area (Å²) in [4.78, 5) is 30.3. The Morgan fingerprint density at radius 3 is 2.85 bits per heavy atom. The summed E-state index contributed by atoms with van der Waals surface area (Å²) in [6.07, 6.45) is 8.31. The number of carbonyl (C=O) groups is 2. The molecule has 1 saturated heterocycles. The van der Waals surface area contributed by atoms with Crippen molar-refractivity contribution >= 4 is 18.1 Å². The highest BCUT2D eigenvalue weighted by Crippen LogP contribution is 2.30. The summed E-state index contributed by atoms with van der Waals surface area (Å²) in [7, 11) is 0. The van der Waals surface area contributed by atoms with Gasteiger partial charge in [0.25, 0.3) is 0 Å². The maximum Gasteiger partial charge on any atom is 0.328 e. The fraction of sp³-hybridized carbons (Fsp3) is 0.667. The van der Waals surface area contributed by atoms with Crippen molar-refractivity contribution in [3.8, 4) is 0 Å². The summed E-state index contributed by atoms with van der Waals surface area (Å²) in [5, 5.41) is 0. The summed E-state index contributed by atoms with van der Waals surface area (Å²) in [5.74, 6) is -0.272. The lowest BCUT2D eigenvalue weighted by Gasteiger charge is -2.32. The van der Waals surface area contributed by atoms with Crippen LogP contribution in [0.4, 0.5) is 0 Å². The van der Waals surface area contributed by atoms with Gasteiger partial charge >= 0.3 is 5.97 Å². The Morgan fingerprint density at radius 1 is 1.55 bits per heavy atom. The van der Waals surface area contributed by atoms with Crippen LogP contribution in [0.25, 0.3) is 0 Å². The molecule has 0 aromatic rings. The second-order valence-electron chi connectivity index (χ2n) is 5.26. The van der Waals surface area contributed by atoms with Crippen LogP contribution >= 0.6 is 0 Å². The van der Waals surface area contributed by atoms with Crippen molar-refractivity contribution in [2.24, 2.45) is 4.99 Å². The quantitative estimate of drug-likeness (QED) is 0.695. The third-order valence-electron chi connectivity index (χ3n) is 4.03. The van der Waals surface area contributed by atoms with E-state index in [9.17, 15) is 9.59 Å². The van der Waals surface area contributed by atoms with Crippen molar-refractivity contribution in [2.45, 2.75) is 51.1 Å². The molecule has 0 aromatic heterocycles. The zero-order valence-corrected chi connectivity index (χ0v) is 12.2. The van der Waals surface area contributed by atoms with Gasteiger partial charge in [-0.05, 0) is 25.8 Å². The van der Waals surface area contributed by atoms with Crippen molar-refractivity contribution in [3.05, 3.63) is 12.2 Å². The highest BCUT2D eigenvalue weighted by molar-refractivity contribution is 5.86. The minimum atomic E-state index is -0.523. The first-order chi connectivity index (χ1) is 9.62. The topological polar surface area (TPSA) is 59.0 Å². The number of hydrogen-bond acceptors (Lipinski definition) is 4. The summed E-state index contributed by atoms with van der Waals surface area (Å²) >= 11 is 0. The molecule has 0 aliphatic carbocycles. The molecule has 1 fully saturated rings. The Morgan fingerprint density at radius 2 is 2.35 bits per heavy atom. The van der Waals surface area contributed by atoms with Crippen LogP contribution in [0.1, 0.15) is 39.5 Å². The largest absolute Gasteiger partial charge is 0.464 e. The number of likely N-dealkylation sites (tertiary alicyclic amines) is 1. The number of rotatable bonds is 6. The van der Waals surface area contributed by atoms with Crippen LogP contribution in [0.15, 0.2) is 17.1 Å². The van der Waals surface area contributed by atoms with Crippen LogP contribution in [0.5, 0.6) is 0 Å². The van der Waals surface area contributed by atoms with Crippen molar-refractivity contribution < 1.29 is 14.3 Å². The van der Waals surface area contributed by atoms with E-state index in [0.29, 0.717) is 26.0 Å². The first-order valence-electron chi connectivity index (χ1n) is 7.31. The molecule has 20 heavy (non-hydrogen) atoms. The van der Waals surface area contributed by atoms with E-state index in [-0.39, 0.29) is 17.4 Å². The summed E-state index contributed by atoms with van der Waals surface area (Å²) in [5.41, 5.74) is -0.375. The van der Waals surface area contributed by atoms with Gasteiger partial charge in [0.05, 0.1) is 12.1 Å². The molecule has 2 heterocycles. The molecule has 5 heteroatoms. The first-order valence-corrected chi connectivity index (χ1v) is 7.31. The normalized spacial score (nSPS) is 26.3. The highest BCUT2D eigenvalue weighted by atomic mass is 16.5. The number of aliphatic imine (C=N–C) groups is 1. The first kappa shape index (κ1) is 14.8. The highest BCUT2D eigenvalue weighted by Gasteiger charge is 2.40. The van der Waals surface area contributed by atoms with Crippen LogP contribution in [0.2, 0.25) is 0 Å². The van der Waals surface area contributed by atoms with E-state index in [0.717, 1.165) is 12.8 Å². The molecule has 2 rings (SSSR count). The van der Waals surface area contributed by atoms with E-state index in [1.807, 2.05) is 19.1 Å². The SMILES string of the molecule is CCOC(=O)C(CC1(CC)C=CC=N1)N1CCCC1=O. The van der Waals surface area contributed by atoms with Crippen molar-refractivity contribution in [2.75, 3.05) is 13.2 Å². The minimum Gasteiger partial charge on any atom is -0.464 e. The van der Waals surface area contributed by atoms with E-state index in [1.54, 1.807) is 18.0 Å². The fourth-order valence-electron chi connectivity index (χ4n) is 2.82. The Labute approximate surface area is 119 Å². The van der Waals surface area contributed by atoms with Crippen LogP contribution in [0, 0.1) is 0 Å². The number of amides is 1. The lowest BCUT2D eigenvalue weighted by Crippen LogP contribution is -2.47. The zero-order chi connectivity index (χ0) is 14.6. The molecule has 110 valence electrons. The van der Waals surface area contributed by atoms with Gasteiger partial charge in [0.2, 0.25) is 5.91 Å². The molecule has 0 radical (unpaired) electrons. The summed E-state index contributed by atoms with van der Waals surface area (Å²) in [6, 6.07) is -0.523. The minimum absolute atomic E-state index is 0.0419. The van der Waals surface area contributed by atoms with E-state index < -0.39 is 6.04 Å². The molecule has 0 saturated carbocycles. The third kappa shape index (κ3) is 2.92. The van der Waals surface area contributed by atoms with Gasteiger partial charge in [0.15, 0.2) is 0 Å². The van der Waals surface area contributed by atoms with Gasteiger partial charge in [-0.1, -0.05) is 13.0 Å². The molecule has 5 nitrogen and oxygen atoms in total. The predicted molar refractivity (Wildman–Crippen MR) is 76.6 cm³/mol. The fourth-order valence-corrected chi connectivity index (χ4v) is 2.82. The van der Waals surface area contributed by atoms with Crippen molar-refractivity contribution in [1.82, 2.24) is 4.90 Å². The number of carbonyl (C=O) groups excluding carboxylic acids is 2. The molecule has 2 aliphatic rings. The van der Waals surface area contributed by atoms with E-state index in [1.165, 1.54) is 0 Å². The molecular weight excluding hydrogens is 256 g/mol. The molecule has 1 amide bonds. The monoisotopic (exact) mass is 278 g/mol. The molecule has 2 atom stereocenters. The molecule has 0 aromatic carbocycles. The second kappa shape index (κ2) is 6.20. The van der Waals surface area contributed by atoms with Crippen molar-refractivity contribution in [3.63, 3.8) is 0 Å². The molecule has 2 aliphatic heterocycles. The van der Waals surface area contributed by atoms with Gasteiger partial charge in [-0.15, -0.1) is 0 Å². The number of nitrogens with zero attached hydrogens (tertiary/aromatic N) is 2. The maximum atomic E-state index is 12.2. The van der Waals surface area contributed by atoms with Crippen LogP contribution < -0.4 is 0 Å². The lowest BCUT2D eigenvalue weighted by atomic mass is 9.89. The average Bonchev–Trinajstić information content (AvgIpc) is 3.06. The van der Waals surface area contributed by atoms with E-state index >= 15 is 0 Å². The molecule has 2 unspecified atom stereocenters. The molecule has 0 N–H and O–H groups in total. The smallest absolute Gasteiger partial charge is 0.328 e. The van der Waals surface area contributed by atoms with Gasteiger partial charge in [-0.2, -0.15) is 0 Å². The van der Waals surface area contributed by atoms with Crippen LogP contribution in [-0.2, 0) is 14.3 Å². The zero-order valence-electron chi connectivity index (χ0n) is 12.2. The van der Waals surface area contributed by atoms with Crippen molar-refractivity contribution in [1.29, 1.82) is 0 Å².